The number of nitrogens with zero attached hydrogens (tertiary/aromatic N) is 2. The van der Waals surface area contributed by atoms with Crippen LogP contribution in [-0.2, 0) is 21.0 Å². The summed E-state index contributed by atoms with van der Waals surface area (Å²) in [4.78, 5) is 28.4. The van der Waals surface area contributed by atoms with E-state index in [1.54, 1.807) is 24.3 Å². The first-order valence-corrected chi connectivity index (χ1v) is 10.4. The topological polar surface area (TPSA) is 40.6 Å². The van der Waals surface area contributed by atoms with E-state index >= 15 is 0 Å². The van der Waals surface area contributed by atoms with Crippen LogP contribution in [0.5, 0.6) is 0 Å². The lowest BCUT2D eigenvalue weighted by atomic mass is 10.0. The van der Waals surface area contributed by atoms with Gasteiger partial charge in [-0.25, -0.2) is 8.78 Å². The van der Waals surface area contributed by atoms with Crippen molar-refractivity contribution >= 4 is 35.0 Å². The molecule has 1 spiro atoms. The number of hydrogen-bond donors (Lipinski definition) is 0. The SMILES string of the molecule is O=C1CS[C@@]2(C(=O)N(Cc3ccccc3F)c3ccccc32)N1c1ccc(F)cc1. The van der Waals surface area contributed by atoms with Crippen LogP contribution < -0.4 is 9.80 Å². The lowest BCUT2D eigenvalue weighted by Gasteiger charge is -2.33. The average molecular weight is 422 g/mol. The van der Waals surface area contributed by atoms with Crippen molar-refractivity contribution in [1.82, 2.24) is 0 Å². The summed E-state index contributed by atoms with van der Waals surface area (Å²) >= 11 is 1.23. The van der Waals surface area contributed by atoms with Gasteiger partial charge in [-0.3, -0.25) is 14.5 Å². The van der Waals surface area contributed by atoms with Crippen LogP contribution in [0.1, 0.15) is 11.1 Å². The minimum atomic E-state index is -1.29. The van der Waals surface area contributed by atoms with Crippen molar-refractivity contribution in [3.05, 3.63) is 95.6 Å². The van der Waals surface area contributed by atoms with Gasteiger partial charge in [-0.2, -0.15) is 0 Å². The molecule has 2 aliphatic heterocycles. The summed E-state index contributed by atoms with van der Waals surface area (Å²) in [6.45, 7) is 0.0519. The van der Waals surface area contributed by atoms with Crippen LogP contribution in [0.3, 0.4) is 0 Å². The molecule has 7 heteroatoms. The highest BCUT2D eigenvalue weighted by Gasteiger charge is 2.60. The fourth-order valence-electron chi connectivity index (χ4n) is 4.10. The number of rotatable bonds is 3. The molecule has 0 radical (unpaired) electrons. The molecule has 1 fully saturated rings. The van der Waals surface area contributed by atoms with E-state index in [0.717, 1.165) is 0 Å². The zero-order chi connectivity index (χ0) is 20.9. The Morgan fingerprint density at radius 3 is 2.37 bits per heavy atom. The van der Waals surface area contributed by atoms with Gasteiger partial charge in [0.2, 0.25) is 10.8 Å². The van der Waals surface area contributed by atoms with Gasteiger partial charge in [-0.1, -0.05) is 36.4 Å². The number of thioether (sulfide) groups is 1. The van der Waals surface area contributed by atoms with Gasteiger partial charge in [0, 0.05) is 16.8 Å². The van der Waals surface area contributed by atoms with Crippen LogP contribution in [0.4, 0.5) is 20.2 Å². The van der Waals surface area contributed by atoms with E-state index in [2.05, 4.69) is 0 Å². The normalized spacial score (nSPS) is 20.3. The number of fused-ring (bicyclic) bond motifs is 2. The molecule has 1 atom stereocenters. The third-order valence-electron chi connectivity index (χ3n) is 5.43. The summed E-state index contributed by atoms with van der Waals surface area (Å²) < 4.78 is 27.8. The van der Waals surface area contributed by atoms with Crippen LogP contribution in [0, 0.1) is 11.6 Å². The Balaban J connectivity index is 1.65. The maximum absolute atomic E-state index is 14.3. The van der Waals surface area contributed by atoms with E-state index in [4.69, 9.17) is 0 Å². The van der Waals surface area contributed by atoms with Crippen LogP contribution in [0.15, 0.2) is 72.8 Å². The van der Waals surface area contributed by atoms with Gasteiger partial charge < -0.3 is 4.90 Å². The fraction of sp³-hybridized carbons (Fsp3) is 0.130. The number of hydrogen-bond acceptors (Lipinski definition) is 3. The van der Waals surface area contributed by atoms with Gasteiger partial charge in [0.25, 0.3) is 5.91 Å². The Morgan fingerprint density at radius 1 is 0.900 bits per heavy atom. The highest BCUT2D eigenvalue weighted by molar-refractivity contribution is 8.02. The summed E-state index contributed by atoms with van der Waals surface area (Å²) in [5, 5.41) is 0. The third-order valence-corrected chi connectivity index (χ3v) is 6.82. The molecule has 0 N–H and O–H groups in total. The van der Waals surface area contributed by atoms with E-state index in [-0.39, 0.29) is 24.1 Å². The molecule has 5 rings (SSSR count). The Hall–Kier alpha value is -3.19. The third kappa shape index (κ3) is 2.65. The molecule has 0 bridgehead atoms. The molecule has 2 amide bonds. The molecule has 2 heterocycles. The molecular formula is C23H16F2N2O2S. The molecule has 0 aromatic heterocycles. The fourth-order valence-corrected chi connectivity index (χ4v) is 5.46. The number of anilines is 2. The van der Waals surface area contributed by atoms with E-state index in [1.807, 2.05) is 18.2 Å². The van der Waals surface area contributed by atoms with Gasteiger partial charge in [0.05, 0.1) is 18.0 Å². The Morgan fingerprint density at radius 2 is 1.60 bits per heavy atom. The first kappa shape index (κ1) is 18.8. The summed E-state index contributed by atoms with van der Waals surface area (Å²) in [5.41, 5.74) is 2.15. The second-order valence-electron chi connectivity index (χ2n) is 7.14. The lowest BCUT2D eigenvalue weighted by Crippen LogP contribution is -2.49. The number of para-hydroxylation sites is 1. The highest BCUT2D eigenvalue weighted by Crippen LogP contribution is 2.55. The summed E-state index contributed by atoms with van der Waals surface area (Å²) in [7, 11) is 0. The molecule has 3 aromatic rings. The minimum Gasteiger partial charge on any atom is -0.304 e. The zero-order valence-electron chi connectivity index (χ0n) is 15.7. The first-order chi connectivity index (χ1) is 14.5. The smallest absolute Gasteiger partial charge is 0.269 e. The number of halogens is 2. The predicted molar refractivity (Wildman–Crippen MR) is 112 cm³/mol. The predicted octanol–water partition coefficient (Wildman–Crippen LogP) is 4.44. The van der Waals surface area contributed by atoms with Crippen molar-refractivity contribution in [2.45, 2.75) is 11.4 Å². The minimum absolute atomic E-state index is 0.0519. The quantitative estimate of drug-likeness (QED) is 0.627. The van der Waals surface area contributed by atoms with Gasteiger partial charge in [-0.15, -0.1) is 11.8 Å². The van der Waals surface area contributed by atoms with E-state index in [9.17, 15) is 18.4 Å². The number of carbonyl (C=O) groups excluding carboxylic acids is 2. The molecule has 3 aromatic carbocycles. The van der Waals surface area contributed by atoms with Crippen molar-refractivity contribution in [3.63, 3.8) is 0 Å². The molecule has 2 aliphatic rings. The summed E-state index contributed by atoms with van der Waals surface area (Å²) in [6.07, 6.45) is 0. The number of benzene rings is 3. The molecule has 4 nitrogen and oxygen atoms in total. The second-order valence-corrected chi connectivity index (χ2v) is 8.31. The van der Waals surface area contributed by atoms with Crippen molar-refractivity contribution in [2.24, 2.45) is 0 Å². The molecule has 0 unspecified atom stereocenters. The molecule has 0 aliphatic carbocycles. The monoisotopic (exact) mass is 422 g/mol. The average Bonchev–Trinajstić information content (AvgIpc) is 3.22. The number of carbonyl (C=O) groups is 2. The lowest BCUT2D eigenvalue weighted by molar-refractivity contribution is -0.123. The summed E-state index contributed by atoms with van der Waals surface area (Å²) in [5.74, 6) is -1.25. The van der Waals surface area contributed by atoms with Gasteiger partial charge in [0.15, 0.2) is 0 Å². The van der Waals surface area contributed by atoms with E-state index < -0.39 is 16.5 Å². The Kier molecular flexibility index (Phi) is 4.36. The van der Waals surface area contributed by atoms with Gasteiger partial charge >= 0.3 is 0 Å². The van der Waals surface area contributed by atoms with Crippen LogP contribution in [0.25, 0.3) is 0 Å². The standard InChI is InChI=1S/C23H16F2N2O2S/c24-16-9-11-17(12-10-16)27-21(28)14-30-23(27)18-6-2-4-8-20(18)26(22(23)29)13-15-5-1-3-7-19(15)25/h1-12H,13-14H2/t23-/m0/s1. The maximum Gasteiger partial charge on any atom is 0.269 e. The summed E-state index contributed by atoms with van der Waals surface area (Å²) in [6, 6.07) is 19.1. The zero-order valence-corrected chi connectivity index (χ0v) is 16.5. The van der Waals surface area contributed by atoms with Gasteiger partial charge in [-0.05, 0) is 36.4 Å². The maximum atomic E-state index is 14.3. The molecule has 30 heavy (non-hydrogen) atoms. The highest BCUT2D eigenvalue weighted by atomic mass is 32.2. The van der Waals surface area contributed by atoms with Crippen molar-refractivity contribution in [3.8, 4) is 0 Å². The molecule has 150 valence electrons. The largest absolute Gasteiger partial charge is 0.304 e. The number of amides is 2. The van der Waals surface area contributed by atoms with Crippen molar-refractivity contribution in [2.75, 3.05) is 15.6 Å². The van der Waals surface area contributed by atoms with Gasteiger partial charge in [0.1, 0.15) is 11.6 Å². The van der Waals surface area contributed by atoms with Crippen molar-refractivity contribution < 1.29 is 18.4 Å². The molecular weight excluding hydrogens is 406 g/mol. The Bertz CT molecular complexity index is 1170. The van der Waals surface area contributed by atoms with Crippen molar-refractivity contribution in [1.29, 1.82) is 0 Å². The van der Waals surface area contributed by atoms with Crippen LogP contribution >= 0.6 is 11.8 Å². The van der Waals surface area contributed by atoms with Crippen LogP contribution in [0.2, 0.25) is 0 Å². The van der Waals surface area contributed by atoms with E-state index in [0.29, 0.717) is 22.5 Å². The molecule has 1 saturated heterocycles. The van der Waals surface area contributed by atoms with E-state index in [1.165, 1.54) is 51.9 Å². The second kappa shape index (κ2) is 6.95. The molecule has 0 saturated carbocycles. The first-order valence-electron chi connectivity index (χ1n) is 9.40. The van der Waals surface area contributed by atoms with Crippen LogP contribution in [-0.4, -0.2) is 17.6 Å². The Labute approximate surface area is 176 Å².